The van der Waals surface area contributed by atoms with E-state index in [4.69, 9.17) is 4.42 Å². The summed E-state index contributed by atoms with van der Waals surface area (Å²) in [7, 11) is 0. The third kappa shape index (κ3) is 4.56. The number of carbonyl (C=O) groups excluding carboxylic acids is 2. The quantitative estimate of drug-likeness (QED) is 0.195. The van der Waals surface area contributed by atoms with Crippen molar-refractivity contribution in [2.45, 2.75) is 44.9 Å². The number of hydrogen-bond donors (Lipinski definition) is 0. The Hall–Kier alpha value is -4.45. The van der Waals surface area contributed by atoms with E-state index in [1.165, 1.54) is 18.5 Å². The van der Waals surface area contributed by atoms with E-state index in [0.717, 1.165) is 35.2 Å². The average Bonchev–Trinajstić information content (AvgIpc) is 3.65. The van der Waals surface area contributed by atoms with E-state index in [1.807, 2.05) is 56.3 Å². The molecule has 39 heavy (non-hydrogen) atoms. The number of aryl methyl sites for hydroxylation is 1. The number of halogens is 1. The number of furan rings is 1. The first-order valence-corrected chi connectivity index (χ1v) is 13.1. The molecule has 0 saturated heterocycles. The van der Waals surface area contributed by atoms with Gasteiger partial charge in [-0.05, 0) is 85.0 Å². The topological polar surface area (TPSA) is 73.1 Å². The van der Waals surface area contributed by atoms with E-state index < -0.39 is 0 Å². The Morgan fingerprint density at radius 1 is 0.949 bits per heavy atom. The van der Waals surface area contributed by atoms with Crippen molar-refractivity contribution in [3.63, 3.8) is 0 Å². The zero-order valence-electron chi connectivity index (χ0n) is 21.8. The molecule has 1 aliphatic carbocycles. The molecule has 194 valence electrons. The van der Waals surface area contributed by atoms with Gasteiger partial charge in [0.05, 0.1) is 11.3 Å². The van der Waals surface area contributed by atoms with E-state index in [-0.39, 0.29) is 22.8 Å². The Balaban J connectivity index is 1.39. The summed E-state index contributed by atoms with van der Waals surface area (Å²) in [5.41, 5.74) is 5.94. The fraction of sp³-hybridized carbons (Fsp3) is 0.212. The highest BCUT2D eigenvalue weighted by Crippen LogP contribution is 2.50. The number of hydrogen-bond acceptors (Lipinski definition) is 5. The van der Waals surface area contributed by atoms with Crippen LogP contribution in [-0.2, 0) is 5.41 Å². The van der Waals surface area contributed by atoms with E-state index in [2.05, 4.69) is 9.97 Å². The van der Waals surface area contributed by atoms with E-state index in [9.17, 15) is 14.0 Å². The molecule has 0 radical (unpaired) electrons. The van der Waals surface area contributed by atoms with Crippen molar-refractivity contribution >= 4 is 22.5 Å². The predicted molar refractivity (Wildman–Crippen MR) is 148 cm³/mol. The van der Waals surface area contributed by atoms with Crippen molar-refractivity contribution in [1.82, 2.24) is 9.97 Å². The molecule has 1 aliphatic rings. The number of aromatic nitrogens is 2. The molecule has 1 fully saturated rings. The van der Waals surface area contributed by atoms with Crippen molar-refractivity contribution in [2.24, 2.45) is 0 Å². The summed E-state index contributed by atoms with van der Waals surface area (Å²) < 4.78 is 19.7. The zero-order valence-corrected chi connectivity index (χ0v) is 21.8. The van der Waals surface area contributed by atoms with Gasteiger partial charge in [0.1, 0.15) is 23.5 Å². The van der Waals surface area contributed by atoms with Crippen LogP contribution in [0.2, 0.25) is 0 Å². The van der Waals surface area contributed by atoms with Gasteiger partial charge < -0.3 is 4.42 Å². The van der Waals surface area contributed by atoms with Crippen LogP contribution in [0.25, 0.3) is 33.4 Å². The molecule has 0 unspecified atom stereocenters. The highest BCUT2D eigenvalue weighted by atomic mass is 19.1. The van der Waals surface area contributed by atoms with E-state index in [0.29, 0.717) is 46.3 Å². The van der Waals surface area contributed by atoms with Crippen LogP contribution in [0, 0.1) is 12.7 Å². The number of carbonyl (C=O) groups is 2. The zero-order chi connectivity index (χ0) is 27.1. The van der Waals surface area contributed by atoms with Gasteiger partial charge in [-0.15, -0.1) is 0 Å². The average molecular weight is 519 g/mol. The third-order valence-corrected chi connectivity index (χ3v) is 7.74. The van der Waals surface area contributed by atoms with Crippen LogP contribution in [0.1, 0.15) is 64.6 Å². The molecule has 5 aromatic rings. The van der Waals surface area contributed by atoms with Crippen molar-refractivity contribution < 1.29 is 18.4 Å². The van der Waals surface area contributed by atoms with Crippen molar-refractivity contribution in [1.29, 1.82) is 0 Å². The van der Waals surface area contributed by atoms with Gasteiger partial charge in [0.25, 0.3) is 0 Å². The second kappa shape index (κ2) is 9.70. The number of ketones is 2. The Labute approximate surface area is 225 Å². The Morgan fingerprint density at radius 2 is 1.72 bits per heavy atom. The monoisotopic (exact) mass is 518 g/mol. The van der Waals surface area contributed by atoms with Gasteiger partial charge in [-0.25, -0.2) is 14.4 Å². The van der Waals surface area contributed by atoms with Crippen LogP contribution >= 0.6 is 0 Å². The number of Topliss-reactive ketones (excluding diaryl/α,β-unsaturated/α-hetero) is 2. The summed E-state index contributed by atoms with van der Waals surface area (Å²) in [5.74, 6) is 0.117. The van der Waals surface area contributed by atoms with Gasteiger partial charge in [-0.2, -0.15) is 0 Å². The summed E-state index contributed by atoms with van der Waals surface area (Å²) in [6.45, 7) is 3.82. The highest BCUT2D eigenvalue weighted by molar-refractivity contribution is 6.12. The maximum atomic E-state index is 13.6. The van der Waals surface area contributed by atoms with Gasteiger partial charge >= 0.3 is 0 Å². The number of rotatable bonds is 8. The van der Waals surface area contributed by atoms with Crippen LogP contribution in [0.4, 0.5) is 4.39 Å². The summed E-state index contributed by atoms with van der Waals surface area (Å²) in [4.78, 5) is 34.9. The molecule has 6 rings (SSSR count). The number of fused-ring (bicyclic) bond motifs is 1. The number of benzene rings is 3. The summed E-state index contributed by atoms with van der Waals surface area (Å²) in [6, 6.07) is 19.4. The molecule has 0 amide bonds. The molecule has 0 atom stereocenters. The molecule has 0 aliphatic heterocycles. The maximum absolute atomic E-state index is 13.6. The Bertz CT molecular complexity index is 1720. The summed E-state index contributed by atoms with van der Waals surface area (Å²) >= 11 is 0. The molecule has 1 saturated carbocycles. The van der Waals surface area contributed by atoms with Crippen molar-refractivity contribution in [3.8, 4) is 22.5 Å². The molecule has 2 heterocycles. The van der Waals surface area contributed by atoms with Gasteiger partial charge in [-0.3, -0.25) is 9.59 Å². The first-order chi connectivity index (χ1) is 18.9. The summed E-state index contributed by atoms with van der Waals surface area (Å²) in [5, 5.41) is 0.704. The largest absolute Gasteiger partial charge is 0.455 e. The van der Waals surface area contributed by atoms with Crippen LogP contribution in [-0.4, -0.2) is 21.5 Å². The predicted octanol–water partition coefficient (Wildman–Crippen LogP) is 7.90. The van der Waals surface area contributed by atoms with Gasteiger partial charge in [0.15, 0.2) is 11.6 Å². The van der Waals surface area contributed by atoms with Crippen molar-refractivity contribution in [2.75, 3.05) is 0 Å². The molecule has 0 bridgehead atoms. The normalized spacial score (nSPS) is 13.9. The fourth-order valence-corrected chi connectivity index (χ4v) is 5.32. The second-order valence-electron chi connectivity index (χ2n) is 10.3. The molecule has 0 spiro atoms. The minimum Gasteiger partial charge on any atom is -0.455 e. The molecule has 6 heteroatoms. The molecule has 2 aromatic heterocycles. The summed E-state index contributed by atoms with van der Waals surface area (Å²) in [6.07, 6.45) is 5.86. The Morgan fingerprint density at radius 3 is 2.41 bits per heavy atom. The maximum Gasteiger partial charge on any atom is 0.167 e. The van der Waals surface area contributed by atoms with Gasteiger partial charge in [-0.1, -0.05) is 25.1 Å². The fourth-order valence-electron chi connectivity index (χ4n) is 5.32. The van der Waals surface area contributed by atoms with Crippen LogP contribution in [0.5, 0.6) is 0 Å². The van der Waals surface area contributed by atoms with Crippen LogP contribution in [0.3, 0.4) is 0 Å². The molecule has 0 N–H and O–H groups in total. The lowest BCUT2D eigenvalue weighted by Gasteiger charge is -2.14. The number of nitrogens with zero attached hydrogens (tertiary/aromatic N) is 2. The second-order valence-corrected chi connectivity index (χ2v) is 10.3. The van der Waals surface area contributed by atoms with Crippen LogP contribution < -0.4 is 0 Å². The molecule has 3 aromatic carbocycles. The van der Waals surface area contributed by atoms with Gasteiger partial charge in [0, 0.05) is 41.0 Å². The SMILES string of the molecule is CCC(=O)c1c(-c2ccc(F)cc2)oc2ccc(-c3cc(C(=O)CC4(c5ccncn5)CC4)ccc3C)cc12. The smallest absolute Gasteiger partial charge is 0.167 e. The standard InChI is InChI=1S/C33H27FN2O3/c1-3-27(37)31-26-16-22(8-11-29(26)39-32(31)21-6-9-24(34)10-7-21)25-17-23(5-4-20(25)2)28(38)18-33(13-14-33)30-12-15-35-19-36-30/h4-12,15-17,19H,3,13-14,18H2,1-2H3. The molecular formula is C33H27FN2O3. The first kappa shape index (κ1) is 24.9. The lowest BCUT2D eigenvalue weighted by molar-refractivity contribution is 0.0966. The lowest BCUT2D eigenvalue weighted by atomic mass is 9.89. The highest BCUT2D eigenvalue weighted by Gasteiger charge is 2.47. The minimum absolute atomic E-state index is 0.0506. The van der Waals surface area contributed by atoms with E-state index in [1.54, 1.807) is 18.3 Å². The first-order valence-electron chi connectivity index (χ1n) is 13.1. The minimum atomic E-state index is -0.352. The lowest BCUT2D eigenvalue weighted by Crippen LogP contribution is -2.15. The Kier molecular flexibility index (Phi) is 6.18. The molecule has 5 nitrogen and oxygen atoms in total. The van der Waals surface area contributed by atoms with E-state index >= 15 is 0 Å². The third-order valence-electron chi connectivity index (χ3n) is 7.74. The van der Waals surface area contributed by atoms with Crippen LogP contribution in [0.15, 0.2) is 83.7 Å². The van der Waals surface area contributed by atoms with Crippen molar-refractivity contribution in [3.05, 3.63) is 107 Å². The van der Waals surface area contributed by atoms with Gasteiger partial charge in [0.2, 0.25) is 0 Å². The molecular weight excluding hydrogens is 491 g/mol.